The number of rotatable bonds is 8. The molecule has 2 unspecified atom stereocenters. The molecule has 0 amide bonds. The molecule has 1 fully saturated rings. The topological polar surface area (TPSA) is 43.8 Å². The molecule has 2 atom stereocenters. The highest BCUT2D eigenvalue weighted by molar-refractivity contribution is 5.66. The van der Waals surface area contributed by atoms with E-state index >= 15 is 0 Å². The lowest BCUT2D eigenvalue weighted by Crippen LogP contribution is -2.47. The SMILES string of the molecule is CC1CC(N(C)CCCCC(=O)O)CCN1Cc1ccccc1. The summed E-state index contributed by atoms with van der Waals surface area (Å²) in [5.41, 5.74) is 1.39. The first-order chi connectivity index (χ1) is 11.1. The van der Waals surface area contributed by atoms with E-state index in [9.17, 15) is 4.79 Å². The Morgan fingerprint density at radius 1 is 1.30 bits per heavy atom. The van der Waals surface area contributed by atoms with Crippen molar-refractivity contribution in [2.75, 3.05) is 20.1 Å². The van der Waals surface area contributed by atoms with Gasteiger partial charge in [0.25, 0.3) is 0 Å². The Bertz CT molecular complexity index is 478. The van der Waals surface area contributed by atoms with E-state index in [4.69, 9.17) is 5.11 Å². The third-order valence-corrected chi connectivity index (χ3v) is 4.99. The maximum atomic E-state index is 10.6. The quantitative estimate of drug-likeness (QED) is 0.747. The van der Waals surface area contributed by atoms with E-state index in [-0.39, 0.29) is 0 Å². The lowest BCUT2D eigenvalue weighted by molar-refractivity contribution is -0.137. The second-order valence-electron chi connectivity index (χ2n) is 6.81. The van der Waals surface area contributed by atoms with Crippen molar-refractivity contribution in [1.82, 2.24) is 9.80 Å². The Balaban J connectivity index is 1.73. The minimum absolute atomic E-state index is 0.291. The average Bonchev–Trinajstić information content (AvgIpc) is 2.54. The van der Waals surface area contributed by atoms with E-state index in [0.29, 0.717) is 18.5 Å². The molecule has 4 nitrogen and oxygen atoms in total. The molecule has 1 N–H and O–H groups in total. The van der Waals surface area contributed by atoms with Crippen LogP contribution in [0.15, 0.2) is 30.3 Å². The van der Waals surface area contributed by atoms with Crippen LogP contribution in [0.2, 0.25) is 0 Å². The van der Waals surface area contributed by atoms with E-state index in [2.05, 4.69) is 54.1 Å². The molecule has 1 aliphatic heterocycles. The molecular formula is C19H30N2O2. The Hall–Kier alpha value is -1.39. The largest absolute Gasteiger partial charge is 0.481 e. The number of hydrogen-bond donors (Lipinski definition) is 1. The minimum Gasteiger partial charge on any atom is -0.481 e. The van der Waals surface area contributed by atoms with E-state index in [0.717, 1.165) is 32.5 Å². The van der Waals surface area contributed by atoms with Gasteiger partial charge in [0.05, 0.1) is 0 Å². The van der Waals surface area contributed by atoms with Crippen LogP contribution in [-0.2, 0) is 11.3 Å². The lowest BCUT2D eigenvalue weighted by Gasteiger charge is -2.41. The van der Waals surface area contributed by atoms with Gasteiger partial charge in [-0.05, 0) is 51.8 Å². The van der Waals surface area contributed by atoms with Gasteiger partial charge < -0.3 is 10.0 Å². The zero-order chi connectivity index (χ0) is 16.7. The minimum atomic E-state index is -0.685. The number of piperidine rings is 1. The Morgan fingerprint density at radius 2 is 2.04 bits per heavy atom. The monoisotopic (exact) mass is 318 g/mol. The Labute approximate surface area is 140 Å². The van der Waals surface area contributed by atoms with E-state index in [1.165, 1.54) is 18.4 Å². The van der Waals surface area contributed by atoms with Crippen molar-refractivity contribution in [3.63, 3.8) is 0 Å². The fourth-order valence-electron chi connectivity index (χ4n) is 3.47. The second kappa shape index (κ2) is 9.04. The number of benzene rings is 1. The van der Waals surface area contributed by atoms with Crippen LogP contribution in [0, 0.1) is 0 Å². The van der Waals surface area contributed by atoms with Crippen LogP contribution in [0.4, 0.5) is 0 Å². The van der Waals surface area contributed by atoms with Crippen LogP contribution >= 0.6 is 0 Å². The van der Waals surface area contributed by atoms with Crippen molar-refractivity contribution in [3.05, 3.63) is 35.9 Å². The molecule has 23 heavy (non-hydrogen) atoms. The van der Waals surface area contributed by atoms with Gasteiger partial charge in [0.15, 0.2) is 0 Å². The predicted octanol–water partition coefficient (Wildman–Crippen LogP) is 3.23. The van der Waals surface area contributed by atoms with Crippen LogP contribution in [0.25, 0.3) is 0 Å². The van der Waals surface area contributed by atoms with Gasteiger partial charge in [0, 0.05) is 31.6 Å². The average molecular weight is 318 g/mol. The molecule has 1 heterocycles. The Morgan fingerprint density at radius 3 is 2.70 bits per heavy atom. The summed E-state index contributed by atoms with van der Waals surface area (Å²) in [4.78, 5) is 15.6. The maximum absolute atomic E-state index is 10.6. The van der Waals surface area contributed by atoms with Gasteiger partial charge in [-0.3, -0.25) is 9.69 Å². The summed E-state index contributed by atoms with van der Waals surface area (Å²) in [5.74, 6) is -0.685. The number of nitrogens with zero attached hydrogens (tertiary/aromatic N) is 2. The molecule has 0 spiro atoms. The van der Waals surface area contributed by atoms with Crippen molar-refractivity contribution < 1.29 is 9.90 Å². The van der Waals surface area contributed by atoms with Gasteiger partial charge in [-0.2, -0.15) is 0 Å². The molecule has 1 aromatic carbocycles. The van der Waals surface area contributed by atoms with Crippen molar-refractivity contribution in [2.24, 2.45) is 0 Å². The van der Waals surface area contributed by atoms with Gasteiger partial charge in [-0.25, -0.2) is 0 Å². The highest BCUT2D eigenvalue weighted by atomic mass is 16.4. The molecular weight excluding hydrogens is 288 g/mol. The summed E-state index contributed by atoms with van der Waals surface area (Å²) in [6.07, 6.45) is 4.44. The molecule has 2 rings (SSSR count). The highest BCUT2D eigenvalue weighted by Gasteiger charge is 2.27. The first-order valence-corrected chi connectivity index (χ1v) is 8.76. The fourth-order valence-corrected chi connectivity index (χ4v) is 3.47. The van der Waals surface area contributed by atoms with Crippen LogP contribution in [-0.4, -0.2) is 53.1 Å². The predicted molar refractivity (Wildman–Crippen MR) is 93.5 cm³/mol. The number of carboxylic acid groups (broad SMARTS) is 1. The van der Waals surface area contributed by atoms with Gasteiger partial charge in [0.1, 0.15) is 0 Å². The zero-order valence-corrected chi connectivity index (χ0v) is 14.4. The first kappa shape index (κ1) is 18.0. The fraction of sp³-hybridized carbons (Fsp3) is 0.632. The second-order valence-corrected chi connectivity index (χ2v) is 6.81. The summed E-state index contributed by atoms with van der Waals surface area (Å²) < 4.78 is 0. The summed E-state index contributed by atoms with van der Waals surface area (Å²) in [5, 5.41) is 8.69. The molecule has 0 radical (unpaired) electrons. The highest BCUT2D eigenvalue weighted by Crippen LogP contribution is 2.23. The zero-order valence-electron chi connectivity index (χ0n) is 14.4. The summed E-state index contributed by atoms with van der Waals surface area (Å²) in [6.45, 7) is 5.51. The van der Waals surface area contributed by atoms with Crippen LogP contribution < -0.4 is 0 Å². The number of carboxylic acids is 1. The summed E-state index contributed by atoms with van der Waals surface area (Å²) in [6, 6.07) is 11.9. The summed E-state index contributed by atoms with van der Waals surface area (Å²) in [7, 11) is 2.19. The molecule has 1 aliphatic rings. The number of likely N-dealkylation sites (tertiary alicyclic amines) is 1. The number of unbranched alkanes of at least 4 members (excludes halogenated alkanes) is 1. The third-order valence-electron chi connectivity index (χ3n) is 4.99. The van der Waals surface area contributed by atoms with Gasteiger partial charge >= 0.3 is 5.97 Å². The van der Waals surface area contributed by atoms with E-state index < -0.39 is 5.97 Å². The number of carbonyl (C=O) groups is 1. The number of hydrogen-bond acceptors (Lipinski definition) is 3. The van der Waals surface area contributed by atoms with Crippen molar-refractivity contribution in [3.8, 4) is 0 Å². The summed E-state index contributed by atoms with van der Waals surface area (Å²) >= 11 is 0. The molecule has 0 bridgehead atoms. The molecule has 4 heteroatoms. The number of aliphatic carboxylic acids is 1. The molecule has 0 aliphatic carbocycles. The van der Waals surface area contributed by atoms with Gasteiger partial charge in [0.2, 0.25) is 0 Å². The molecule has 0 saturated carbocycles. The van der Waals surface area contributed by atoms with E-state index in [1.54, 1.807) is 0 Å². The van der Waals surface area contributed by atoms with Crippen molar-refractivity contribution in [1.29, 1.82) is 0 Å². The maximum Gasteiger partial charge on any atom is 0.303 e. The van der Waals surface area contributed by atoms with Gasteiger partial charge in [-0.15, -0.1) is 0 Å². The van der Waals surface area contributed by atoms with E-state index in [1.807, 2.05) is 0 Å². The molecule has 1 saturated heterocycles. The lowest BCUT2D eigenvalue weighted by atomic mass is 9.96. The van der Waals surface area contributed by atoms with Crippen molar-refractivity contribution >= 4 is 5.97 Å². The molecule has 0 aromatic heterocycles. The molecule has 128 valence electrons. The standard InChI is InChI=1S/C19H30N2O2/c1-16-14-18(20(2)12-7-6-10-19(22)23)11-13-21(16)15-17-8-4-3-5-9-17/h3-5,8-9,16,18H,6-7,10-15H2,1-2H3,(H,22,23). The first-order valence-electron chi connectivity index (χ1n) is 8.76. The Kier molecular flexibility index (Phi) is 7.06. The smallest absolute Gasteiger partial charge is 0.303 e. The van der Waals surface area contributed by atoms with Crippen molar-refractivity contribution in [2.45, 2.75) is 57.7 Å². The molecule has 1 aromatic rings. The normalized spacial score (nSPS) is 22.4. The van der Waals surface area contributed by atoms with Crippen LogP contribution in [0.3, 0.4) is 0 Å². The van der Waals surface area contributed by atoms with Gasteiger partial charge in [-0.1, -0.05) is 30.3 Å². The third kappa shape index (κ3) is 5.96. The van der Waals surface area contributed by atoms with Crippen LogP contribution in [0.5, 0.6) is 0 Å². The van der Waals surface area contributed by atoms with Crippen LogP contribution in [0.1, 0.15) is 44.6 Å².